The molecule has 1 amide bonds. The maximum absolute atomic E-state index is 11.9. The van der Waals surface area contributed by atoms with Crippen LogP contribution in [0.2, 0.25) is 0 Å². The molecule has 2 heterocycles. The van der Waals surface area contributed by atoms with E-state index in [-0.39, 0.29) is 12.3 Å². The SMILES string of the molecule is O=C(NCc1cnn(-c2ccccc2)c1)c1ccc([N+](=O)[O-])o1. The molecule has 3 rings (SSSR count). The number of amides is 1. The lowest BCUT2D eigenvalue weighted by Gasteiger charge is -2.01. The highest BCUT2D eigenvalue weighted by Crippen LogP contribution is 2.15. The first-order chi connectivity index (χ1) is 11.1. The average molecular weight is 312 g/mol. The number of nitro groups is 1. The molecule has 0 aliphatic rings. The fourth-order valence-electron chi connectivity index (χ4n) is 1.99. The van der Waals surface area contributed by atoms with E-state index in [9.17, 15) is 14.9 Å². The number of para-hydroxylation sites is 1. The number of rotatable bonds is 5. The molecule has 0 saturated heterocycles. The van der Waals surface area contributed by atoms with E-state index in [0.29, 0.717) is 0 Å². The van der Waals surface area contributed by atoms with Crippen molar-refractivity contribution < 1.29 is 14.1 Å². The topological polar surface area (TPSA) is 103 Å². The quantitative estimate of drug-likeness (QED) is 0.575. The number of hydrogen-bond donors (Lipinski definition) is 1. The molecule has 0 fully saturated rings. The van der Waals surface area contributed by atoms with Crippen LogP contribution in [-0.2, 0) is 6.54 Å². The Labute approximate surface area is 130 Å². The van der Waals surface area contributed by atoms with Gasteiger partial charge in [-0.25, -0.2) is 4.68 Å². The Morgan fingerprint density at radius 1 is 1.26 bits per heavy atom. The molecule has 1 aromatic carbocycles. The lowest BCUT2D eigenvalue weighted by Crippen LogP contribution is -2.22. The van der Waals surface area contributed by atoms with Crippen molar-refractivity contribution in [2.24, 2.45) is 0 Å². The van der Waals surface area contributed by atoms with Crippen LogP contribution in [0.25, 0.3) is 5.69 Å². The second-order valence-electron chi connectivity index (χ2n) is 4.71. The molecule has 0 aliphatic carbocycles. The van der Waals surface area contributed by atoms with Crippen molar-refractivity contribution in [3.8, 4) is 5.69 Å². The third-order valence-corrected chi connectivity index (χ3v) is 3.11. The van der Waals surface area contributed by atoms with Crippen molar-refractivity contribution >= 4 is 11.8 Å². The molecule has 0 spiro atoms. The molecule has 0 atom stereocenters. The predicted octanol–water partition coefficient (Wildman–Crippen LogP) is 2.30. The molecule has 23 heavy (non-hydrogen) atoms. The molecular weight excluding hydrogens is 300 g/mol. The zero-order valence-corrected chi connectivity index (χ0v) is 11.9. The van der Waals surface area contributed by atoms with Gasteiger partial charge < -0.3 is 9.73 Å². The van der Waals surface area contributed by atoms with Gasteiger partial charge in [-0.1, -0.05) is 18.2 Å². The van der Waals surface area contributed by atoms with E-state index >= 15 is 0 Å². The number of carbonyl (C=O) groups excluding carboxylic acids is 1. The summed E-state index contributed by atoms with van der Waals surface area (Å²) in [6.45, 7) is 0.236. The van der Waals surface area contributed by atoms with Crippen LogP contribution >= 0.6 is 0 Å². The van der Waals surface area contributed by atoms with Gasteiger partial charge in [-0.3, -0.25) is 14.9 Å². The predicted molar refractivity (Wildman–Crippen MR) is 80.1 cm³/mol. The third-order valence-electron chi connectivity index (χ3n) is 3.11. The summed E-state index contributed by atoms with van der Waals surface area (Å²) >= 11 is 0. The molecule has 0 aliphatic heterocycles. The van der Waals surface area contributed by atoms with Gasteiger partial charge in [-0.15, -0.1) is 0 Å². The molecular formula is C15H12N4O4. The van der Waals surface area contributed by atoms with Crippen molar-refractivity contribution in [1.29, 1.82) is 0 Å². The Morgan fingerprint density at radius 2 is 2.04 bits per heavy atom. The van der Waals surface area contributed by atoms with E-state index in [0.717, 1.165) is 17.3 Å². The van der Waals surface area contributed by atoms with E-state index in [1.807, 2.05) is 30.3 Å². The van der Waals surface area contributed by atoms with E-state index in [1.165, 1.54) is 6.07 Å². The molecule has 0 bridgehead atoms. The molecule has 2 aromatic heterocycles. The van der Waals surface area contributed by atoms with Gasteiger partial charge in [0.25, 0.3) is 5.91 Å². The molecule has 0 saturated carbocycles. The molecule has 3 aromatic rings. The van der Waals surface area contributed by atoms with Crippen molar-refractivity contribution in [3.05, 3.63) is 76.3 Å². The zero-order valence-electron chi connectivity index (χ0n) is 11.9. The monoisotopic (exact) mass is 312 g/mol. The first kappa shape index (κ1) is 14.5. The minimum Gasteiger partial charge on any atom is -0.395 e. The second-order valence-corrected chi connectivity index (χ2v) is 4.71. The van der Waals surface area contributed by atoms with Crippen LogP contribution in [0.3, 0.4) is 0 Å². The molecule has 0 unspecified atom stereocenters. The second kappa shape index (κ2) is 6.14. The summed E-state index contributed by atoms with van der Waals surface area (Å²) in [7, 11) is 0. The van der Waals surface area contributed by atoms with Crippen LogP contribution < -0.4 is 5.32 Å². The summed E-state index contributed by atoms with van der Waals surface area (Å²) < 4.78 is 6.53. The van der Waals surface area contributed by atoms with Crippen LogP contribution in [0.15, 0.2) is 59.3 Å². The maximum atomic E-state index is 11.9. The van der Waals surface area contributed by atoms with Crippen LogP contribution in [-0.4, -0.2) is 20.6 Å². The van der Waals surface area contributed by atoms with Crippen LogP contribution in [0.4, 0.5) is 5.88 Å². The lowest BCUT2D eigenvalue weighted by molar-refractivity contribution is -0.402. The summed E-state index contributed by atoms with van der Waals surface area (Å²) in [5, 5.41) is 17.4. The highest BCUT2D eigenvalue weighted by atomic mass is 16.6. The first-order valence-electron chi connectivity index (χ1n) is 6.75. The number of furan rings is 1. The normalized spacial score (nSPS) is 10.4. The van der Waals surface area contributed by atoms with Crippen LogP contribution in [0.1, 0.15) is 16.1 Å². The zero-order chi connectivity index (χ0) is 16.2. The Hall–Kier alpha value is -3.42. The van der Waals surface area contributed by atoms with Gasteiger partial charge >= 0.3 is 5.88 Å². The molecule has 116 valence electrons. The van der Waals surface area contributed by atoms with Crippen molar-refractivity contribution in [1.82, 2.24) is 15.1 Å². The highest BCUT2D eigenvalue weighted by molar-refractivity contribution is 5.91. The van der Waals surface area contributed by atoms with E-state index < -0.39 is 16.7 Å². The fourth-order valence-corrected chi connectivity index (χ4v) is 1.99. The van der Waals surface area contributed by atoms with Crippen molar-refractivity contribution in [2.45, 2.75) is 6.54 Å². The number of nitrogens with zero attached hydrogens (tertiary/aromatic N) is 3. The van der Waals surface area contributed by atoms with Gasteiger partial charge in [-0.05, 0) is 18.2 Å². The number of carbonyl (C=O) groups is 1. The number of nitrogens with one attached hydrogen (secondary N) is 1. The molecule has 1 N–H and O–H groups in total. The van der Waals surface area contributed by atoms with Gasteiger partial charge in [0.15, 0.2) is 5.76 Å². The summed E-state index contributed by atoms with van der Waals surface area (Å²) in [5.41, 5.74) is 1.70. The van der Waals surface area contributed by atoms with Crippen LogP contribution in [0.5, 0.6) is 0 Å². The van der Waals surface area contributed by atoms with Gasteiger partial charge in [-0.2, -0.15) is 5.10 Å². The average Bonchev–Trinajstić information content (AvgIpc) is 3.23. The molecule has 0 radical (unpaired) electrons. The van der Waals surface area contributed by atoms with E-state index in [2.05, 4.69) is 10.4 Å². The van der Waals surface area contributed by atoms with E-state index in [4.69, 9.17) is 4.42 Å². The minimum absolute atomic E-state index is 0.104. The summed E-state index contributed by atoms with van der Waals surface area (Å²) in [4.78, 5) is 21.7. The van der Waals surface area contributed by atoms with Gasteiger partial charge in [0.1, 0.15) is 4.92 Å². The Kier molecular flexibility index (Phi) is 3.88. The number of hydrogen-bond acceptors (Lipinski definition) is 5. The number of aromatic nitrogens is 2. The van der Waals surface area contributed by atoms with Crippen molar-refractivity contribution in [2.75, 3.05) is 0 Å². The lowest BCUT2D eigenvalue weighted by atomic mass is 10.3. The van der Waals surface area contributed by atoms with Gasteiger partial charge in [0.05, 0.1) is 18.0 Å². The molecule has 8 heteroatoms. The third kappa shape index (κ3) is 3.26. The molecule has 8 nitrogen and oxygen atoms in total. The Balaban J connectivity index is 1.63. The smallest absolute Gasteiger partial charge is 0.395 e. The van der Waals surface area contributed by atoms with Crippen LogP contribution in [0, 0.1) is 10.1 Å². The Bertz CT molecular complexity index is 838. The van der Waals surface area contributed by atoms with E-state index in [1.54, 1.807) is 17.1 Å². The minimum atomic E-state index is -0.694. The van der Waals surface area contributed by atoms with Crippen molar-refractivity contribution in [3.63, 3.8) is 0 Å². The highest BCUT2D eigenvalue weighted by Gasteiger charge is 2.17. The largest absolute Gasteiger partial charge is 0.433 e. The Morgan fingerprint density at radius 3 is 2.74 bits per heavy atom. The number of benzene rings is 1. The first-order valence-corrected chi connectivity index (χ1v) is 6.75. The maximum Gasteiger partial charge on any atom is 0.433 e. The van der Waals surface area contributed by atoms with Gasteiger partial charge in [0.2, 0.25) is 0 Å². The fraction of sp³-hybridized carbons (Fsp3) is 0.0667. The summed E-state index contributed by atoms with van der Waals surface area (Å²) in [6.07, 6.45) is 3.43. The van der Waals surface area contributed by atoms with Gasteiger partial charge in [0, 0.05) is 18.3 Å². The standard InChI is InChI=1S/C15H12N4O4/c20-15(13-6-7-14(23-13)19(21)22)16-8-11-9-17-18(10-11)12-4-2-1-3-5-12/h1-7,9-10H,8H2,(H,16,20). The summed E-state index contributed by atoms with van der Waals surface area (Å²) in [5.74, 6) is -1.09. The summed E-state index contributed by atoms with van der Waals surface area (Å²) in [6, 6.07) is 12.0.